The van der Waals surface area contributed by atoms with Crippen LogP contribution in [-0.4, -0.2) is 54.0 Å². The molecule has 5 heteroatoms. The fourth-order valence-electron chi connectivity index (χ4n) is 5.51. The van der Waals surface area contributed by atoms with Gasteiger partial charge in [-0.25, -0.2) is 0 Å². The molecule has 0 aromatic heterocycles. The van der Waals surface area contributed by atoms with Crippen molar-refractivity contribution in [3.63, 3.8) is 0 Å². The third-order valence-corrected chi connectivity index (χ3v) is 7.44. The smallest absolute Gasteiger partial charge is 0.242 e. The van der Waals surface area contributed by atoms with Gasteiger partial charge < -0.3 is 5.32 Å². The lowest BCUT2D eigenvalue weighted by atomic mass is 9.93. The number of hydrogen-bond donors (Lipinski definition) is 1. The molecule has 2 aliphatic carbocycles. The molecule has 0 unspecified atom stereocenters. The minimum absolute atomic E-state index is 0.172. The molecule has 0 bridgehead atoms. The predicted molar refractivity (Wildman–Crippen MR) is 119 cm³/mol. The summed E-state index contributed by atoms with van der Waals surface area (Å²) < 4.78 is 0. The standard InChI is InChI=1S/C24H36ClN3O/c25-20-13-11-19(12-14-20)23(24(29)26-21-7-3-1-4-8-21)28-17-15-27(16-18-28)22-9-5-2-6-10-22/h11-14,21-23H,1-10,15-18H2,(H,26,29)/t23-/m0/s1. The van der Waals surface area contributed by atoms with Crippen LogP contribution in [-0.2, 0) is 4.79 Å². The molecule has 1 N–H and O–H groups in total. The average molecular weight is 418 g/mol. The van der Waals surface area contributed by atoms with Crippen molar-refractivity contribution in [1.29, 1.82) is 0 Å². The Balaban J connectivity index is 1.43. The minimum Gasteiger partial charge on any atom is -0.352 e. The van der Waals surface area contributed by atoms with E-state index in [-0.39, 0.29) is 11.9 Å². The first-order valence-corrected chi connectivity index (χ1v) is 12.1. The Morgan fingerprint density at radius 1 is 0.862 bits per heavy atom. The molecule has 1 amide bonds. The number of carbonyl (C=O) groups excluding carboxylic acids is 1. The fourth-order valence-corrected chi connectivity index (χ4v) is 5.63. The van der Waals surface area contributed by atoms with E-state index >= 15 is 0 Å². The van der Waals surface area contributed by atoms with Gasteiger partial charge in [0.2, 0.25) is 5.91 Å². The van der Waals surface area contributed by atoms with Gasteiger partial charge in [0, 0.05) is 43.3 Å². The zero-order valence-corrected chi connectivity index (χ0v) is 18.4. The van der Waals surface area contributed by atoms with E-state index in [1.54, 1.807) is 0 Å². The summed E-state index contributed by atoms with van der Waals surface area (Å²) in [6.07, 6.45) is 12.9. The van der Waals surface area contributed by atoms with Crippen molar-refractivity contribution >= 4 is 17.5 Å². The maximum Gasteiger partial charge on any atom is 0.242 e. The lowest BCUT2D eigenvalue weighted by Gasteiger charge is -2.43. The van der Waals surface area contributed by atoms with E-state index in [4.69, 9.17) is 11.6 Å². The molecule has 1 aliphatic heterocycles. The van der Waals surface area contributed by atoms with E-state index in [0.717, 1.165) is 55.6 Å². The van der Waals surface area contributed by atoms with Gasteiger partial charge in [-0.1, -0.05) is 62.3 Å². The number of amides is 1. The Bertz CT molecular complexity index is 645. The van der Waals surface area contributed by atoms with Gasteiger partial charge in [0.15, 0.2) is 0 Å². The predicted octanol–water partition coefficient (Wildman–Crippen LogP) is 4.78. The summed E-state index contributed by atoms with van der Waals surface area (Å²) in [5.41, 5.74) is 1.06. The molecule has 1 aromatic carbocycles. The SMILES string of the molecule is O=C(NC1CCCCC1)[C@H](c1ccc(Cl)cc1)N1CCN(C2CCCCC2)CC1. The molecule has 1 heterocycles. The number of nitrogens with zero attached hydrogens (tertiary/aromatic N) is 2. The Morgan fingerprint density at radius 2 is 1.45 bits per heavy atom. The highest BCUT2D eigenvalue weighted by atomic mass is 35.5. The Hall–Kier alpha value is -1.10. The van der Waals surface area contributed by atoms with Crippen LogP contribution in [0, 0.1) is 0 Å². The van der Waals surface area contributed by atoms with E-state index in [2.05, 4.69) is 15.1 Å². The van der Waals surface area contributed by atoms with Crippen LogP contribution in [0.1, 0.15) is 75.8 Å². The maximum absolute atomic E-state index is 13.4. The normalized spacial score (nSPS) is 24.3. The van der Waals surface area contributed by atoms with E-state index < -0.39 is 0 Å². The second kappa shape index (κ2) is 10.3. The molecule has 1 atom stereocenters. The van der Waals surface area contributed by atoms with E-state index in [1.165, 1.54) is 51.4 Å². The molecule has 4 rings (SSSR count). The van der Waals surface area contributed by atoms with Gasteiger partial charge in [0.1, 0.15) is 6.04 Å². The quantitative estimate of drug-likeness (QED) is 0.748. The first-order chi connectivity index (χ1) is 14.2. The molecular formula is C24H36ClN3O. The molecule has 160 valence electrons. The van der Waals surface area contributed by atoms with Gasteiger partial charge in [-0.3, -0.25) is 14.6 Å². The molecule has 1 aromatic rings. The highest BCUT2D eigenvalue weighted by molar-refractivity contribution is 6.30. The van der Waals surface area contributed by atoms with Gasteiger partial charge in [0.05, 0.1) is 0 Å². The maximum atomic E-state index is 13.4. The highest BCUT2D eigenvalue weighted by Gasteiger charge is 2.33. The number of rotatable bonds is 5. The van der Waals surface area contributed by atoms with Crippen LogP contribution in [0.15, 0.2) is 24.3 Å². The van der Waals surface area contributed by atoms with Gasteiger partial charge in [-0.2, -0.15) is 0 Å². The molecular weight excluding hydrogens is 382 g/mol. The summed E-state index contributed by atoms with van der Waals surface area (Å²) in [5, 5.41) is 4.10. The van der Waals surface area contributed by atoms with Crippen molar-refractivity contribution in [2.24, 2.45) is 0 Å². The highest BCUT2D eigenvalue weighted by Crippen LogP contribution is 2.28. The number of nitrogens with one attached hydrogen (secondary N) is 1. The first kappa shape index (κ1) is 21.1. The summed E-state index contributed by atoms with van der Waals surface area (Å²) >= 11 is 6.12. The van der Waals surface area contributed by atoms with Crippen LogP contribution in [0.5, 0.6) is 0 Å². The van der Waals surface area contributed by atoms with Crippen molar-refractivity contribution in [3.05, 3.63) is 34.9 Å². The van der Waals surface area contributed by atoms with Crippen molar-refractivity contribution in [2.75, 3.05) is 26.2 Å². The Kier molecular flexibility index (Phi) is 7.49. The van der Waals surface area contributed by atoms with Crippen molar-refractivity contribution in [3.8, 4) is 0 Å². The van der Waals surface area contributed by atoms with E-state index in [0.29, 0.717) is 6.04 Å². The summed E-state index contributed by atoms with van der Waals surface area (Å²) in [5.74, 6) is 0.172. The molecule has 3 fully saturated rings. The molecule has 1 saturated heterocycles. The van der Waals surface area contributed by atoms with Gasteiger partial charge in [-0.15, -0.1) is 0 Å². The molecule has 2 saturated carbocycles. The molecule has 4 nitrogen and oxygen atoms in total. The van der Waals surface area contributed by atoms with Crippen molar-refractivity contribution in [2.45, 2.75) is 82.3 Å². The second-order valence-corrected chi connectivity index (χ2v) is 9.60. The molecule has 29 heavy (non-hydrogen) atoms. The number of carbonyl (C=O) groups is 1. The number of halogens is 1. The lowest BCUT2D eigenvalue weighted by molar-refractivity contribution is -0.128. The third-order valence-electron chi connectivity index (χ3n) is 7.19. The van der Waals surface area contributed by atoms with Crippen LogP contribution in [0.25, 0.3) is 0 Å². The Morgan fingerprint density at radius 3 is 2.07 bits per heavy atom. The van der Waals surface area contributed by atoms with Gasteiger partial charge in [0.25, 0.3) is 0 Å². The largest absolute Gasteiger partial charge is 0.352 e. The topological polar surface area (TPSA) is 35.6 Å². The van der Waals surface area contributed by atoms with Crippen LogP contribution in [0.4, 0.5) is 0 Å². The summed E-state index contributed by atoms with van der Waals surface area (Å²) in [6.45, 7) is 4.07. The fraction of sp³-hybridized carbons (Fsp3) is 0.708. The minimum atomic E-state index is -0.206. The third kappa shape index (κ3) is 5.53. The van der Waals surface area contributed by atoms with Gasteiger partial charge in [-0.05, 0) is 43.4 Å². The van der Waals surface area contributed by atoms with Crippen LogP contribution in [0.2, 0.25) is 5.02 Å². The van der Waals surface area contributed by atoms with Crippen LogP contribution >= 0.6 is 11.6 Å². The van der Waals surface area contributed by atoms with Crippen molar-refractivity contribution < 1.29 is 4.79 Å². The van der Waals surface area contributed by atoms with E-state index in [9.17, 15) is 4.79 Å². The lowest BCUT2D eigenvalue weighted by Crippen LogP contribution is -2.54. The number of piperazine rings is 1. The molecule has 0 spiro atoms. The number of benzene rings is 1. The first-order valence-electron chi connectivity index (χ1n) is 11.7. The monoisotopic (exact) mass is 417 g/mol. The van der Waals surface area contributed by atoms with E-state index in [1.807, 2.05) is 24.3 Å². The average Bonchev–Trinajstić information content (AvgIpc) is 2.77. The summed E-state index contributed by atoms with van der Waals surface area (Å²) in [7, 11) is 0. The Labute approximate surface area is 181 Å². The van der Waals surface area contributed by atoms with Crippen molar-refractivity contribution in [1.82, 2.24) is 15.1 Å². The zero-order valence-electron chi connectivity index (χ0n) is 17.6. The second-order valence-electron chi connectivity index (χ2n) is 9.16. The summed E-state index contributed by atoms with van der Waals surface area (Å²) in [6, 6.07) is 8.78. The van der Waals surface area contributed by atoms with Crippen LogP contribution < -0.4 is 5.32 Å². The molecule has 0 radical (unpaired) electrons. The van der Waals surface area contributed by atoms with Gasteiger partial charge >= 0.3 is 0 Å². The molecule has 3 aliphatic rings. The zero-order chi connectivity index (χ0) is 20.1. The summed E-state index contributed by atoms with van der Waals surface area (Å²) in [4.78, 5) is 18.4. The van der Waals surface area contributed by atoms with Crippen LogP contribution in [0.3, 0.4) is 0 Å². The number of hydrogen-bond acceptors (Lipinski definition) is 3.